The smallest absolute Gasteiger partial charge is 0.224 e. The van der Waals surface area contributed by atoms with Crippen LogP contribution in [-0.2, 0) is 9.53 Å². The Kier molecular flexibility index (Phi) is 5.93. The second-order valence-corrected chi connectivity index (χ2v) is 4.24. The molecule has 1 aliphatic carbocycles. The minimum absolute atomic E-state index is 0.00840. The molecule has 1 rings (SSSR count). The van der Waals surface area contributed by atoms with Gasteiger partial charge in [0.2, 0.25) is 5.91 Å². The monoisotopic (exact) mass is 226 g/mol. The Morgan fingerprint density at radius 2 is 2.25 bits per heavy atom. The summed E-state index contributed by atoms with van der Waals surface area (Å²) < 4.78 is 4.97. The van der Waals surface area contributed by atoms with Gasteiger partial charge in [-0.3, -0.25) is 4.79 Å². The molecule has 0 aliphatic heterocycles. The van der Waals surface area contributed by atoms with E-state index in [0.29, 0.717) is 13.2 Å². The number of hydrogen-bond donors (Lipinski definition) is 2. The van der Waals surface area contributed by atoms with E-state index < -0.39 is 0 Å². The van der Waals surface area contributed by atoms with E-state index in [1.54, 1.807) is 0 Å². The standard InChI is InChI=1S/C12H22N2O2/c1-2-16-9-5-8-14-12(15)10-6-3-4-7-11(10)13/h2,10-11H,1,3-9,13H2,(H,14,15). The van der Waals surface area contributed by atoms with Crippen LogP contribution in [0.4, 0.5) is 0 Å². The molecular weight excluding hydrogens is 204 g/mol. The van der Waals surface area contributed by atoms with Gasteiger partial charge in [-0.1, -0.05) is 19.4 Å². The highest BCUT2D eigenvalue weighted by atomic mass is 16.5. The normalized spacial score (nSPS) is 24.8. The van der Waals surface area contributed by atoms with Crippen LogP contribution in [0.2, 0.25) is 0 Å². The van der Waals surface area contributed by atoms with E-state index in [0.717, 1.165) is 32.1 Å². The summed E-state index contributed by atoms with van der Waals surface area (Å²) in [5.74, 6) is 0.111. The molecule has 1 saturated carbocycles. The minimum Gasteiger partial charge on any atom is -0.502 e. The van der Waals surface area contributed by atoms with Crippen LogP contribution in [0.3, 0.4) is 0 Å². The van der Waals surface area contributed by atoms with Crippen LogP contribution in [0, 0.1) is 5.92 Å². The van der Waals surface area contributed by atoms with Gasteiger partial charge in [0.05, 0.1) is 18.8 Å². The first-order valence-corrected chi connectivity index (χ1v) is 6.01. The largest absolute Gasteiger partial charge is 0.502 e. The van der Waals surface area contributed by atoms with E-state index in [1.165, 1.54) is 6.26 Å². The van der Waals surface area contributed by atoms with E-state index in [9.17, 15) is 4.79 Å². The number of hydrogen-bond acceptors (Lipinski definition) is 3. The van der Waals surface area contributed by atoms with Crippen molar-refractivity contribution in [2.75, 3.05) is 13.2 Å². The van der Waals surface area contributed by atoms with Gasteiger partial charge < -0.3 is 15.8 Å². The molecule has 0 bridgehead atoms. The molecule has 0 radical (unpaired) electrons. The fraction of sp³-hybridized carbons (Fsp3) is 0.750. The van der Waals surface area contributed by atoms with E-state index >= 15 is 0 Å². The second-order valence-electron chi connectivity index (χ2n) is 4.24. The molecule has 0 saturated heterocycles. The fourth-order valence-corrected chi connectivity index (χ4v) is 2.07. The van der Waals surface area contributed by atoms with Crippen molar-refractivity contribution in [3.8, 4) is 0 Å². The molecular formula is C12H22N2O2. The molecule has 0 spiro atoms. The van der Waals surface area contributed by atoms with E-state index in [4.69, 9.17) is 10.5 Å². The molecule has 16 heavy (non-hydrogen) atoms. The Hall–Kier alpha value is -1.03. The van der Waals surface area contributed by atoms with Gasteiger partial charge in [-0.25, -0.2) is 0 Å². The molecule has 1 fully saturated rings. The third kappa shape index (κ3) is 4.23. The molecule has 4 nitrogen and oxygen atoms in total. The summed E-state index contributed by atoms with van der Waals surface area (Å²) in [6.07, 6.45) is 6.38. The summed E-state index contributed by atoms with van der Waals surface area (Å²) in [6, 6.07) is 0.0400. The first-order valence-electron chi connectivity index (χ1n) is 6.01. The van der Waals surface area contributed by atoms with Crippen LogP contribution in [0.25, 0.3) is 0 Å². The molecule has 3 N–H and O–H groups in total. The van der Waals surface area contributed by atoms with E-state index in [2.05, 4.69) is 11.9 Å². The molecule has 1 aliphatic rings. The van der Waals surface area contributed by atoms with Crippen molar-refractivity contribution in [1.29, 1.82) is 0 Å². The fourth-order valence-electron chi connectivity index (χ4n) is 2.07. The number of nitrogens with two attached hydrogens (primary N) is 1. The van der Waals surface area contributed by atoms with E-state index in [1.807, 2.05) is 0 Å². The lowest BCUT2D eigenvalue weighted by Gasteiger charge is -2.27. The number of ether oxygens (including phenoxy) is 1. The van der Waals surface area contributed by atoms with E-state index in [-0.39, 0.29) is 17.9 Å². The predicted molar refractivity (Wildman–Crippen MR) is 63.7 cm³/mol. The maximum atomic E-state index is 11.8. The number of carbonyl (C=O) groups is 1. The van der Waals surface area contributed by atoms with Gasteiger partial charge in [0, 0.05) is 12.6 Å². The van der Waals surface area contributed by atoms with Crippen molar-refractivity contribution < 1.29 is 9.53 Å². The highest BCUT2D eigenvalue weighted by molar-refractivity contribution is 5.79. The summed E-state index contributed by atoms with van der Waals surface area (Å²) >= 11 is 0. The van der Waals surface area contributed by atoms with Crippen LogP contribution < -0.4 is 11.1 Å². The topological polar surface area (TPSA) is 64.3 Å². The zero-order valence-electron chi connectivity index (χ0n) is 9.78. The van der Waals surface area contributed by atoms with Crippen molar-refractivity contribution in [2.24, 2.45) is 11.7 Å². The molecule has 0 aromatic carbocycles. The highest BCUT2D eigenvalue weighted by Crippen LogP contribution is 2.22. The van der Waals surface area contributed by atoms with Gasteiger partial charge in [0.15, 0.2) is 0 Å². The van der Waals surface area contributed by atoms with Gasteiger partial charge in [0.25, 0.3) is 0 Å². The van der Waals surface area contributed by atoms with Crippen molar-refractivity contribution in [3.05, 3.63) is 12.8 Å². The SMILES string of the molecule is C=COCCCNC(=O)C1CCCCC1N. The average molecular weight is 226 g/mol. The molecule has 0 heterocycles. The Morgan fingerprint density at radius 1 is 1.50 bits per heavy atom. The summed E-state index contributed by atoms with van der Waals surface area (Å²) in [7, 11) is 0. The van der Waals surface area contributed by atoms with Crippen LogP contribution in [0.15, 0.2) is 12.8 Å². The number of rotatable bonds is 6. The zero-order valence-corrected chi connectivity index (χ0v) is 9.78. The molecule has 2 atom stereocenters. The van der Waals surface area contributed by atoms with Gasteiger partial charge in [-0.15, -0.1) is 0 Å². The first kappa shape index (κ1) is 13.0. The Labute approximate surface area is 97.2 Å². The minimum atomic E-state index is 0.00840. The molecule has 4 heteroatoms. The van der Waals surface area contributed by atoms with Crippen molar-refractivity contribution in [1.82, 2.24) is 5.32 Å². The predicted octanol–water partition coefficient (Wildman–Crippen LogP) is 1.17. The lowest BCUT2D eigenvalue weighted by molar-refractivity contribution is -0.126. The van der Waals surface area contributed by atoms with Crippen LogP contribution in [0.5, 0.6) is 0 Å². The van der Waals surface area contributed by atoms with Gasteiger partial charge in [-0.2, -0.15) is 0 Å². The number of carbonyl (C=O) groups excluding carboxylic acids is 1. The lowest BCUT2D eigenvalue weighted by Crippen LogP contribution is -2.44. The Balaban J connectivity index is 2.15. The summed E-state index contributed by atoms with van der Waals surface area (Å²) in [6.45, 7) is 4.70. The third-order valence-corrected chi connectivity index (χ3v) is 3.01. The number of amides is 1. The molecule has 0 aromatic heterocycles. The maximum absolute atomic E-state index is 11.8. The molecule has 1 amide bonds. The summed E-state index contributed by atoms with van der Waals surface area (Å²) in [5, 5.41) is 2.91. The summed E-state index contributed by atoms with van der Waals surface area (Å²) in [4.78, 5) is 11.8. The van der Waals surface area contributed by atoms with Crippen molar-refractivity contribution >= 4 is 5.91 Å². The van der Waals surface area contributed by atoms with Crippen LogP contribution >= 0.6 is 0 Å². The Bertz CT molecular complexity index is 231. The second kappa shape index (κ2) is 7.28. The van der Waals surface area contributed by atoms with Crippen LogP contribution in [0.1, 0.15) is 32.1 Å². The summed E-state index contributed by atoms with van der Waals surface area (Å²) in [5.41, 5.74) is 5.93. The molecule has 92 valence electrons. The van der Waals surface area contributed by atoms with Crippen molar-refractivity contribution in [2.45, 2.75) is 38.1 Å². The third-order valence-electron chi connectivity index (χ3n) is 3.01. The molecule has 0 aromatic rings. The molecule has 2 unspecified atom stereocenters. The lowest BCUT2D eigenvalue weighted by atomic mass is 9.84. The quantitative estimate of drug-likeness (QED) is 0.528. The van der Waals surface area contributed by atoms with Gasteiger partial charge in [-0.05, 0) is 19.3 Å². The highest BCUT2D eigenvalue weighted by Gasteiger charge is 2.27. The average Bonchev–Trinajstić information content (AvgIpc) is 2.29. The van der Waals surface area contributed by atoms with Crippen molar-refractivity contribution in [3.63, 3.8) is 0 Å². The van der Waals surface area contributed by atoms with Gasteiger partial charge >= 0.3 is 0 Å². The number of nitrogens with one attached hydrogen (secondary N) is 1. The maximum Gasteiger partial charge on any atom is 0.224 e. The Morgan fingerprint density at radius 3 is 2.94 bits per heavy atom. The zero-order chi connectivity index (χ0) is 11.8. The first-order chi connectivity index (χ1) is 7.75. The van der Waals surface area contributed by atoms with Crippen LogP contribution in [-0.4, -0.2) is 25.1 Å². The van der Waals surface area contributed by atoms with Gasteiger partial charge in [0.1, 0.15) is 0 Å².